The Morgan fingerprint density at radius 1 is 0.589 bits per heavy atom. The van der Waals surface area contributed by atoms with Crippen LogP contribution in [0.5, 0.6) is 0 Å². The Balaban J connectivity index is 0.00000210. The van der Waals surface area contributed by atoms with E-state index in [0.29, 0.717) is 0 Å². The highest BCUT2D eigenvalue weighted by molar-refractivity contribution is 7.59. The van der Waals surface area contributed by atoms with Gasteiger partial charge in [-0.25, -0.2) is 9.97 Å². The number of likely N-dealkylation sites (tertiary alicyclic amines) is 2. The summed E-state index contributed by atoms with van der Waals surface area (Å²) in [5.41, 5.74) is 8.26. The molecule has 0 radical (unpaired) electrons. The summed E-state index contributed by atoms with van der Waals surface area (Å²) in [5, 5.41) is 0. The van der Waals surface area contributed by atoms with Crippen LogP contribution in [0.1, 0.15) is 77.1 Å². The Labute approximate surface area is 360 Å². The summed E-state index contributed by atoms with van der Waals surface area (Å²) in [6.45, 7) is 9.97. The number of imidazole rings is 2. The van der Waals surface area contributed by atoms with Crippen LogP contribution < -0.4 is 0 Å². The summed E-state index contributed by atoms with van der Waals surface area (Å²) in [6, 6.07) is 21.0. The van der Waals surface area contributed by atoms with E-state index in [-0.39, 0.29) is 102 Å². The minimum absolute atomic E-state index is 0. The van der Waals surface area contributed by atoms with Crippen LogP contribution in [0.4, 0.5) is 0 Å². The predicted octanol–water partition coefficient (Wildman–Crippen LogP) is 7.72. The van der Waals surface area contributed by atoms with Crippen molar-refractivity contribution in [2.24, 2.45) is 11.8 Å². The second-order valence-electron chi connectivity index (χ2n) is 16.0. The minimum Gasteiger partial charge on any atom is -0.340 e. The van der Waals surface area contributed by atoms with E-state index in [0.717, 1.165) is 94.7 Å². The molecule has 2 fully saturated rings. The van der Waals surface area contributed by atoms with Crippen molar-refractivity contribution in [3.05, 3.63) is 72.3 Å². The van der Waals surface area contributed by atoms with Crippen LogP contribution in [0.25, 0.3) is 44.3 Å². The van der Waals surface area contributed by atoms with Crippen LogP contribution in [-0.4, -0.2) is 105 Å². The van der Waals surface area contributed by atoms with Crippen molar-refractivity contribution >= 4 is 87.9 Å². The molecule has 4 atom stereocenters. The summed E-state index contributed by atoms with van der Waals surface area (Å²) in [5.74, 6) is 2.56. The summed E-state index contributed by atoms with van der Waals surface area (Å²) in [4.78, 5) is 52.5. The fourth-order valence-corrected chi connectivity index (χ4v) is 8.76. The van der Waals surface area contributed by atoms with Gasteiger partial charge in [0.25, 0.3) is 0 Å². The fraction of sp³-hybridized carbons (Fsp3) is 0.476. The third kappa shape index (κ3) is 9.26. The number of benzene rings is 3. The van der Waals surface area contributed by atoms with Gasteiger partial charge >= 0.3 is 0 Å². The van der Waals surface area contributed by atoms with Crippen LogP contribution in [-0.2, 0) is 9.59 Å². The predicted molar refractivity (Wildman–Crippen MR) is 250 cm³/mol. The quantitative estimate of drug-likeness (QED) is 0.149. The van der Waals surface area contributed by atoms with Crippen LogP contribution in [0, 0.1) is 11.8 Å². The number of carbonyl (C=O) groups excluding carboxylic acids is 2. The second kappa shape index (κ2) is 19.5. The van der Waals surface area contributed by atoms with Gasteiger partial charge in [-0.2, -0.15) is 54.0 Å². The lowest BCUT2D eigenvalue weighted by atomic mass is 10.00. The van der Waals surface area contributed by atoms with E-state index in [9.17, 15) is 9.59 Å². The summed E-state index contributed by atoms with van der Waals surface area (Å²) in [7, 11) is 7.95. The standard InChI is InChI=1S/C42H54N8O2.4H2S/c1-25(2)37(47(5)6)41(51)49-21-9-11-35(49)39-43-31-19-17-29(23-33(31)45-39)27-13-15-28(16-14-27)30-18-20-32-34(24-30)46-40(44-32)36-12-10-22-50(36)42(52)38(26(3)4)48(7)8;;;;/h13-20,23-26,35-38H,9-12,21-22H2,1-8H3,(H,43,45)(H,44,46);4*1H2/t35-,36-,37-,38-;;;;/m0..../s1. The summed E-state index contributed by atoms with van der Waals surface area (Å²) in [6.07, 6.45) is 3.79. The SMILES string of the molecule is CC(C)[C@@H](C(=O)N1CCC[C@H]1c1nc2ccc(-c3ccc(-c4ccc5nc([C@@H]6CCCN6C(=O)[C@H](C(C)C)N(C)C)[nH]c5c4)cc3)cc2[nH]1)N(C)C.S.S.S.S. The van der Waals surface area contributed by atoms with Crippen molar-refractivity contribution < 1.29 is 9.59 Å². The van der Waals surface area contributed by atoms with Crippen molar-refractivity contribution in [2.45, 2.75) is 77.5 Å². The highest BCUT2D eigenvalue weighted by atomic mass is 32.1. The first-order chi connectivity index (χ1) is 24.9. The Morgan fingerprint density at radius 2 is 0.929 bits per heavy atom. The van der Waals surface area contributed by atoms with Gasteiger partial charge in [0.1, 0.15) is 11.6 Å². The molecule has 0 unspecified atom stereocenters. The Kier molecular flexibility index (Phi) is 16.5. The molecule has 306 valence electrons. The normalized spacial score (nSPS) is 17.9. The molecule has 0 saturated carbocycles. The van der Waals surface area contributed by atoms with E-state index in [2.05, 4.69) is 98.3 Å². The van der Waals surface area contributed by atoms with E-state index in [1.807, 2.05) is 47.8 Å². The Bertz CT molecular complexity index is 1920. The van der Waals surface area contributed by atoms with Crippen LogP contribution in [0.15, 0.2) is 60.7 Å². The number of carbonyl (C=O) groups is 2. The van der Waals surface area contributed by atoms with Gasteiger partial charge in [-0.05, 0) is 112 Å². The first-order valence-electron chi connectivity index (χ1n) is 18.9. The zero-order chi connectivity index (χ0) is 36.8. The zero-order valence-electron chi connectivity index (χ0n) is 34.0. The highest BCUT2D eigenvalue weighted by Gasteiger charge is 2.39. The van der Waals surface area contributed by atoms with E-state index < -0.39 is 0 Å². The molecule has 0 aliphatic carbocycles. The van der Waals surface area contributed by atoms with E-state index in [1.54, 1.807) is 0 Å². The lowest BCUT2D eigenvalue weighted by molar-refractivity contribution is -0.139. The number of aromatic amines is 2. The molecule has 2 amide bonds. The molecular formula is C42H62N8O2S4. The van der Waals surface area contributed by atoms with Gasteiger partial charge in [-0.3, -0.25) is 19.4 Å². The topological polar surface area (TPSA) is 104 Å². The average Bonchev–Trinajstić information content (AvgIpc) is 3.92. The maximum absolute atomic E-state index is 13.6. The molecule has 2 aromatic heterocycles. The number of nitrogens with zero attached hydrogens (tertiary/aromatic N) is 6. The number of hydrogen-bond acceptors (Lipinski definition) is 6. The molecule has 0 spiro atoms. The maximum Gasteiger partial charge on any atom is 0.240 e. The van der Waals surface area contributed by atoms with Crippen LogP contribution >= 0.6 is 54.0 Å². The first kappa shape index (κ1) is 47.2. The summed E-state index contributed by atoms with van der Waals surface area (Å²) >= 11 is 0. The number of nitrogens with one attached hydrogen (secondary N) is 2. The lowest BCUT2D eigenvalue weighted by Gasteiger charge is -2.33. The molecule has 3 aromatic carbocycles. The monoisotopic (exact) mass is 838 g/mol. The molecule has 14 heteroatoms. The van der Waals surface area contributed by atoms with Crippen molar-refractivity contribution in [1.29, 1.82) is 0 Å². The fourth-order valence-electron chi connectivity index (χ4n) is 8.76. The molecule has 5 aromatic rings. The smallest absolute Gasteiger partial charge is 0.240 e. The van der Waals surface area contributed by atoms with Crippen molar-refractivity contribution in [3.63, 3.8) is 0 Å². The van der Waals surface area contributed by atoms with Crippen LogP contribution in [0.3, 0.4) is 0 Å². The van der Waals surface area contributed by atoms with Gasteiger partial charge in [0, 0.05) is 13.1 Å². The largest absolute Gasteiger partial charge is 0.340 e. The third-order valence-electron chi connectivity index (χ3n) is 11.1. The van der Waals surface area contributed by atoms with Crippen molar-refractivity contribution in [2.75, 3.05) is 41.3 Å². The van der Waals surface area contributed by atoms with Gasteiger partial charge in [0.15, 0.2) is 0 Å². The van der Waals surface area contributed by atoms with Gasteiger partial charge in [-0.1, -0.05) is 64.1 Å². The number of hydrogen-bond donors (Lipinski definition) is 2. The molecule has 2 aliphatic rings. The second-order valence-corrected chi connectivity index (χ2v) is 16.0. The minimum atomic E-state index is -0.149. The van der Waals surface area contributed by atoms with Gasteiger partial charge in [0.2, 0.25) is 11.8 Å². The average molecular weight is 839 g/mol. The molecule has 56 heavy (non-hydrogen) atoms. The maximum atomic E-state index is 13.6. The molecule has 0 bridgehead atoms. The highest BCUT2D eigenvalue weighted by Crippen LogP contribution is 2.36. The first-order valence-corrected chi connectivity index (χ1v) is 18.9. The van der Waals surface area contributed by atoms with Crippen LogP contribution in [0.2, 0.25) is 0 Å². The van der Waals surface area contributed by atoms with E-state index >= 15 is 0 Å². The number of amides is 2. The molecular weight excluding hydrogens is 777 g/mol. The molecule has 7 rings (SSSR count). The third-order valence-corrected chi connectivity index (χ3v) is 11.1. The number of likely N-dealkylation sites (N-methyl/N-ethyl adjacent to an activating group) is 2. The summed E-state index contributed by atoms with van der Waals surface area (Å²) < 4.78 is 0. The van der Waals surface area contributed by atoms with Crippen molar-refractivity contribution in [3.8, 4) is 22.3 Å². The Morgan fingerprint density at radius 3 is 1.25 bits per heavy atom. The molecule has 10 nitrogen and oxygen atoms in total. The Hall–Kier alpha value is -3.14. The number of aromatic nitrogens is 4. The molecule has 2 N–H and O–H groups in total. The zero-order valence-corrected chi connectivity index (χ0v) is 38.0. The molecule has 4 heterocycles. The van der Waals surface area contributed by atoms with Gasteiger partial charge < -0.3 is 19.8 Å². The lowest BCUT2D eigenvalue weighted by Crippen LogP contribution is -2.48. The molecule has 2 saturated heterocycles. The van der Waals surface area contributed by atoms with Gasteiger partial charge in [-0.15, -0.1) is 0 Å². The molecule has 2 aliphatic heterocycles. The van der Waals surface area contributed by atoms with Crippen molar-refractivity contribution in [1.82, 2.24) is 39.5 Å². The van der Waals surface area contributed by atoms with E-state index in [1.165, 1.54) is 0 Å². The van der Waals surface area contributed by atoms with E-state index in [4.69, 9.17) is 9.97 Å². The van der Waals surface area contributed by atoms with Gasteiger partial charge in [0.05, 0.1) is 46.2 Å². The number of fused-ring (bicyclic) bond motifs is 2. The number of H-pyrrole nitrogens is 2. The number of rotatable bonds is 10.